The Morgan fingerprint density at radius 1 is 1.20 bits per heavy atom. The minimum Gasteiger partial charge on any atom is -0.494 e. The van der Waals surface area contributed by atoms with Crippen LogP contribution in [0.2, 0.25) is 0 Å². The number of anilines is 1. The number of ether oxygens (including phenoxy) is 1. The number of aromatic nitrogens is 2. The molecule has 0 unspecified atom stereocenters. The molecule has 0 atom stereocenters. The third-order valence-corrected chi connectivity index (χ3v) is 6.31. The van der Waals surface area contributed by atoms with E-state index in [-0.39, 0.29) is 0 Å². The zero-order valence-electron chi connectivity index (χ0n) is 14.4. The van der Waals surface area contributed by atoms with Gasteiger partial charge in [-0.25, -0.2) is 13.4 Å². The van der Waals surface area contributed by atoms with Crippen LogP contribution < -0.4 is 9.46 Å². The molecule has 0 amide bonds. The van der Waals surface area contributed by atoms with Gasteiger partial charge >= 0.3 is 0 Å². The number of nitrogens with one attached hydrogen (secondary N) is 1. The first-order valence-electron chi connectivity index (χ1n) is 7.59. The van der Waals surface area contributed by atoms with Gasteiger partial charge in [-0.1, -0.05) is 0 Å². The Bertz CT molecular complexity index is 1020. The molecule has 1 N–H and O–H groups in total. The van der Waals surface area contributed by atoms with Gasteiger partial charge in [0.25, 0.3) is 10.0 Å². The fourth-order valence-corrected chi connectivity index (χ4v) is 5.20. The van der Waals surface area contributed by atoms with Crippen LogP contribution in [0.1, 0.15) is 15.4 Å². The smallest absolute Gasteiger partial charge is 0.263 e. The summed E-state index contributed by atoms with van der Waals surface area (Å²) in [6, 6.07) is 6.85. The summed E-state index contributed by atoms with van der Waals surface area (Å²) in [7, 11) is -2.09. The molecular formula is C17H19N3O3S2. The van der Waals surface area contributed by atoms with Crippen LogP contribution in [0.5, 0.6) is 5.75 Å². The lowest BCUT2D eigenvalue weighted by Gasteiger charge is -2.13. The maximum absolute atomic E-state index is 12.6. The molecule has 3 rings (SSSR count). The summed E-state index contributed by atoms with van der Waals surface area (Å²) in [6.45, 7) is 5.59. The molecule has 0 bridgehead atoms. The van der Waals surface area contributed by atoms with E-state index in [9.17, 15) is 8.42 Å². The number of nitrogens with zero attached hydrogens (tertiary/aromatic N) is 2. The Morgan fingerprint density at radius 2 is 1.96 bits per heavy atom. The van der Waals surface area contributed by atoms with Gasteiger partial charge in [0.05, 0.1) is 30.5 Å². The van der Waals surface area contributed by atoms with Gasteiger partial charge in [0.2, 0.25) is 0 Å². The lowest BCUT2D eigenvalue weighted by molar-refractivity contribution is 0.413. The van der Waals surface area contributed by atoms with Crippen molar-refractivity contribution in [2.45, 2.75) is 25.7 Å². The van der Waals surface area contributed by atoms with Crippen LogP contribution in [0, 0.1) is 20.8 Å². The van der Waals surface area contributed by atoms with Crippen LogP contribution >= 0.6 is 11.3 Å². The van der Waals surface area contributed by atoms with E-state index in [4.69, 9.17) is 4.74 Å². The summed E-state index contributed by atoms with van der Waals surface area (Å²) in [5, 5.41) is 0. The Labute approximate surface area is 151 Å². The predicted molar refractivity (Wildman–Crippen MR) is 99.5 cm³/mol. The van der Waals surface area contributed by atoms with Crippen molar-refractivity contribution >= 4 is 27.0 Å². The third kappa shape index (κ3) is 3.54. The molecule has 25 heavy (non-hydrogen) atoms. The lowest BCUT2D eigenvalue weighted by Crippen LogP contribution is -2.13. The molecule has 0 aliphatic rings. The Morgan fingerprint density at radius 3 is 2.52 bits per heavy atom. The van der Waals surface area contributed by atoms with Crippen molar-refractivity contribution < 1.29 is 13.2 Å². The van der Waals surface area contributed by atoms with Gasteiger partial charge in [-0.2, -0.15) is 0 Å². The Balaban J connectivity index is 1.95. The quantitative estimate of drug-likeness (QED) is 0.736. The van der Waals surface area contributed by atoms with E-state index in [1.54, 1.807) is 44.6 Å². The summed E-state index contributed by atoms with van der Waals surface area (Å²) < 4.78 is 35.1. The molecule has 0 radical (unpaired) electrons. The number of hydrogen-bond donors (Lipinski definition) is 1. The maximum Gasteiger partial charge on any atom is 0.263 e. The molecule has 0 spiro atoms. The highest BCUT2D eigenvalue weighted by Gasteiger charge is 2.20. The normalized spacial score (nSPS) is 11.5. The van der Waals surface area contributed by atoms with Crippen LogP contribution in [-0.2, 0) is 10.0 Å². The molecule has 8 heteroatoms. The lowest BCUT2D eigenvalue weighted by atomic mass is 10.2. The standard InChI is InChI=1S/C17H19N3O3S2/c1-11-9-20(10-18-11)15-6-5-14(8-16(15)23-4)19-25(21,22)17-7-12(2)24-13(17)3/h5-10,19H,1-4H3. The van der Waals surface area contributed by atoms with Crippen LogP contribution in [0.25, 0.3) is 5.69 Å². The molecule has 1 aromatic carbocycles. The highest BCUT2D eigenvalue weighted by molar-refractivity contribution is 7.93. The largest absolute Gasteiger partial charge is 0.494 e. The van der Waals surface area contributed by atoms with E-state index in [1.165, 1.54) is 11.3 Å². The zero-order valence-corrected chi connectivity index (χ0v) is 16.0. The van der Waals surface area contributed by atoms with Crippen molar-refractivity contribution in [3.8, 4) is 11.4 Å². The van der Waals surface area contributed by atoms with E-state index in [2.05, 4.69) is 9.71 Å². The first-order valence-corrected chi connectivity index (χ1v) is 9.89. The molecule has 2 heterocycles. The van der Waals surface area contributed by atoms with Crippen LogP contribution in [0.4, 0.5) is 5.69 Å². The van der Waals surface area contributed by atoms with Crippen LogP contribution in [0.15, 0.2) is 41.7 Å². The highest BCUT2D eigenvalue weighted by Crippen LogP contribution is 2.30. The van der Waals surface area contributed by atoms with Gasteiger partial charge in [-0.3, -0.25) is 4.72 Å². The summed E-state index contributed by atoms with van der Waals surface area (Å²) in [6.07, 6.45) is 3.56. The van der Waals surface area contributed by atoms with Crippen LogP contribution in [0.3, 0.4) is 0 Å². The summed E-state index contributed by atoms with van der Waals surface area (Å²) in [5.41, 5.74) is 2.12. The molecule has 0 aliphatic heterocycles. The number of methoxy groups -OCH3 is 1. The fraction of sp³-hybridized carbons (Fsp3) is 0.235. The summed E-state index contributed by atoms with van der Waals surface area (Å²) in [5.74, 6) is 0.552. The number of sulfonamides is 1. The van der Waals surface area contributed by atoms with Crippen molar-refractivity contribution in [1.82, 2.24) is 9.55 Å². The van der Waals surface area contributed by atoms with E-state index >= 15 is 0 Å². The number of imidazole rings is 1. The maximum atomic E-state index is 12.6. The monoisotopic (exact) mass is 377 g/mol. The van der Waals surface area contributed by atoms with Crippen molar-refractivity contribution in [1.29, 1.82) is 0 Å². The van der Waals surface area contributed by atoms with Crippen molar-refractivity contribution in [3.63, 3.8) is 0 Å². The topological polar surface area (TPSA) is 73.2 Å². The summed E-state index contributed by atoms with van der Waals surface area (Å²) >= 11 is 1.46. The van der Waals surface area contributed by atoms with Gasteiger partial charge < -0.3 is 9.30 Å². The second kappa shape index (κ2) is 6.53. The van der Waals surface area contributed by atoms with Gasteiger partial charge in [-0.05, 0) is 39.0 Å². The average Bonchev–Trinajstić information content (AvgIpc) is 3.12. The molecule has 0 fully saturated rings. The molecule has 2 aromatic heterocycles. The zero-order chi connectivity index (χ0) is 18.2. The number of rotatable bonds is 5. The first kappa shape index (κ1) is 17.5. The van der Waals surface area contributed by atoms with Crippen molar-refractivity contribution in [3.05, 3.63) is 52.2 Å². The number of thiophene rings is 1. The van der Waals surface area contributed by atoms with Crippen molar-refractivity contribution in [2.75, 3.05) is 11.8 Å². The first-order chi connectivity index (χ1) is 11.8. The fourth-order valence-electron chi connectivity index (χ4n) is 2.59. The van der Waals surface area contributed by atoms with E-state index in [1.807, 2.05) is 24.6 Å². The Hall–Kier alpha value is -2.32. The highest BCUT2D eigenvalue weighted by atomic mass is 32.2. The molecule has 0 saturated carbocycles. The average molecular weight is 377 g/mol. The van der Waals surface area contributed by atoms with Gasteiger partial charge in [0.15, 0.2) is 0 Å². The SMILES string of the molecule is COc1cc(NS(=O)(=O)c2cc(C)sc2C)ccc1-n1cnc(C)c1. The Kier molecular flexibility index (Phi) is 4.57. The van der Waals surface area contributed by atoms with Gasteiger partial charge in [-0.15, -0.1) is 11.3 Å². The third-order valence-electron chi connectivity index (χ3n) is 3.71. The molecule has 132 valence electrons. The summed E-state index contributed by atoms with van der Waals surface area (Å²) in [4.78, 5) is 6.23. The molecule has 3 aromatic rings. The number of hydrogen-bond acceptors (Lipinski definition) is 5. The van der Waals surface area contributed by atoms with E-state index < -0.39 is 10.0 Å². The minimum atomic E-state index is -3.64. The molecule has 0 aliphatic carbocycles. The second-order valence-electron chi connectivity index (χ2n) is 5.69. The molecular weight excluding hydrogens is 358 g/mol. The molecule has 6 nitrogen and oxygen atoms in total. The minimum absolute atomic E-state index is 0.309. The van der Waals surface area contributed by atoms with Gasteiger partial charge in [0.1, 0.15) is 10.6 Å². The van der Waals surface area contributed by atoms with E-state index in [0.29, 0.717) is 16.3 Å². The van der Waals surface area contributed by atoms with Crippen LogP contribution in [-0.4, -0.2) is 25.1 Å². The number of benzene rings is 1. The van der Waals surface area contributed by atoms with E-state index in [0.717, 1.165) is 21.1 Å². The predicted octanol–water partition coefficient (Wildman–Crippen LogP) is 3.67. The second-order valence-corrected chi connectivity index (χ2v) is 8.80. The molecule has 0 saturated heterocycles. The number of aryl methyl sites for hydroxylation is 3. The van der Waals surface area contributed by atoms with Gasteiger partial charge in [0, 0.05) is 22.0 Å². The van der Waals surface area contributed by atoms with Crippen molar-refractivity contribution in [2.24, 2.45) is 0 Å².